The minimum atomic E-state index is -1.34. The van der Waals surface area contributed by atoms with Crippen LogP contribution in [-0.2, 0) is 14.9 Å². The number of hydrogen-bond acceptors (Lipinski definition) is 6. The van der Waals surface area contributed by atoms with E-state index in [1.54, 1.807) is 12.2 Å². The zero-order valence-electron chi connectivity index (χ0n) is 21.6. The lowest BCUT2D eigenvalue weighted by molar-refractivity contribution is -0.171. The molecule has 6 heteroatoms. The monoisotopic (exact) mass is 478 g/mol. The predicted octanol–water partition coefficient (Wildman–Crippen LogP) is 5.23. The number of carbonyl (C=O) groups is 2. The highest BCUT2D eigenvalue weighted by molar-refractivity contribution is 6.18. The largest absolute Gasteiger partial charge is 0.507 e. The maximum atomic E-state index is 14.3. The number of methoxy groups -OCH3 is 1. The van der Waals surface area contributed by atoms with Gasteiger partial charge >= 0.3 is 0 Å². The Balaban J connectivity index is 1.88. The number of fused-ring (bicyclic) bond motifs is 1. The van der Waals surface area contributed by atoms with Gasteiger partial charge in [0, 0.05) is 40.9 Å². The molecule has 6 rings (SSSR count). The van der Waals surface area contributed by atoms with Crippen LogP contribution in [0.15, 0.2) is 42.0 Å². The minimum Gasteiger partial charge on any atom is -0.507 e. The Morgan fingerprint density at radius 3 is 2.60 bits per heavy atom. The second-order valence-electron chi connectivity index (χ2n) is 11.6. The van der Waals surface area contributed by atoms with Crippen LogP contribution < -0.4 is 9.47 Å². The molecule has 1 spiro atoms. The van der Waals surface area contributed by atoms with Crippen molar-refractivity contribution in [2.75, 3.05) is 7.11 Å². The molecular weight excluding hydrogens is 444 g/mol. The number of phenols is 1. The quantitative estimate of drug-likeness (QED) is 0.584. The molecule has 1 aromatic carbocycles. The van der Waals surface area contributed by atoms with Gasteiger partial charge in [0.15, 0.2) is 22.8 Å². The topological polar surface area (TPSA) is 82.1 Å². The molecule has 4 bridgehead atoms. The molecule has 35 heavy (non-hydrogen) atoms. The Bertz CT molecular complexity index is 1240. The number of carbonyl (C=O) groups excluding carboxylic acids is 2. The van der Waals surface area contributed by atoms with Gasteiger partial charge in [0.1, 0.15) is 22.8 Å². The summed E-state index contributed by atoms with van der Waals surface area (Å²) in [5.74, 6) is -0.499. The van der Waals surface area contributed by atoms with Crippen LogP contribution in [0.1, 0.15) is 70.3 Å². The fourth-order valence-corrected chi connectivity index (χ4v) is 6.80. The van der Waals surface area contributed by atoms with E-state index in [0.717, 1.165) is 5.57 Å². The van der Waals surface area contributed by atoms with Crippen LogP contribution in [0.25, 0.3) is 0 Å². The molecule has 5 aliphatic rings. The lowest BCUT2D eigenvalue weighted by Crippen LogP contribution is -2.72. The van der Waals surface area contributed by atoms with Crippen LogP contribution in [-0.4, -0.2) is 40.6 Å². The van der Waals surface area contributed by atoms with Crippen LogP contribution in [0.5, 0.6) is 17.2 Å². The van der Waals surface area contributed by atoms with Crippen LogP contribution in [0.2, 0.25) is 0 Å². The lowest BCUT2D eigenvalue weighted by Gasteiger charge is -2.56. The van der Waals surface area contributed by atoms with E-state index in [1.165, 1.54) is 13.2 Å². The van der Waals surface area contributed by atoms with Crippen LogP contribution in [0.3, 0.4) is 0 Å². The van der Waals surface area contributed by atoms with E-state index < -0.39 is 28.1 Å². The highest BCUT2D eigenvalue weighted by atomic mass is 16.6. The molecule has 6 nitrogen and oxygen atoms in total. The third kappa shape index (κ3) is 2.75. The summed E-state index contributed by atoms with van der Waals surface area (Å²) >= 11 is 0. The summed E-state index contributed by atoms with van der Waals surface area (Å²) in [5.41, 5.74) is -1.85. The van der Waals surface area contributed by atoms with Crippen molar-refractivity contribution >= 4 is 11.6 Å². The van der Waals surface area contributed by atoms with Crippen molar-refractivity contribution in [2.45, 2.75) is 76.6 Å². The lowest BCUT2D eigenvalue weighted by atomic mass is 9.51. The van der Waals surface area contributed by atoms with E-state index in [4.69, 9.17) is 14.2 Å². The third-order valence-electron chi connectivity index (χ3n) is 8.49. The number of rotatable bonds is 5. The van der Waals surface area contributed by atoms with Gasteiger partial charge in [-0.15, -0.1) is 6.58 Å². The molecule has 0 radical (unpaired) electrons. The van der Waals surface area contributed by atoms with Crippen molar-refractivity contribution in [1.82, 2.24) is 0 Å². The maximum Gasteiger partial charge on any atom is 0.200 e. The van der Waals surface area contributed by atoms with Gasteiger partial charge in [0.25, 0.3) is 0 Å². The number of benzene rings is 1. The van der Waals surface area contributed by atoms with Crippen molar-refractivity contribution in [3.8, 4) is 17.2 Å². The molecule has 1 N–H and O–H groups in total. The summed E-state index contributed by atoms with van der Waals surface area (Å²) in [6.45, 7) is 15.6. The molecular formula is C29H34O6. The molecule has 2 aliphatic heterocycles. The molecule has 2 fully saturated rings. The van der Waals surface area contributed by atoms with Gasteiger partial charge in [-0.25, -0.2) is 0 Å². The molecule has 1 saturated heterocycles. The van der Waals surface area contributed by atoms with Gasteiger partial charge in [0.2, 0.25) is 0 Å². The average Bonchev–Trinajstić information content (AvgIpc) is 2.94. The number of aromatic hydroxyl groups is 1. The molecule has 2 heterocycles. The number of hydrogen-bond donors (Lipinski definition) is 1. The van der Waals surface area contributed by atoms with Crippen molar-refractivity contribution in [3.05, 3.63) is 53.1 Å². The summed E-state index contributed by atoms with van der Waals surface area (Å²) < 4.78 is 19.2. The first-order valence-corrected chi connectivity index (χ1v) is 12.2. The fourth-order valence-electron chi connectivity index (χ4n) is 6.80. The molecule has 1 saturated carbocycles. The SMILES string of the molecule is C=CC(C)(C)c1c(O)cc(OC)c2c1OC13C(=C[C@@H]4C[C@H]1C(C)(C)O[C@@]3(CC=C(C)C)C4=O)C2=O. The number of phenolic OH excluding ortho intramolecular Hbond substituents is 1. The number of allylic oxidation sites excluding steroid dienone is 3. The van der Waals surface area contributed by atoms with Crippen molar-refractivity contribution in [3.63, 3.8) is 0 Å². The van der Waals surface area contributed by atoms with E-state index in [2.05, 4.69) is 6.58 Å². The van der Waals surface area contributed by atoms with Crippen molar-refractivity contribution in [1.29, 1.82) is 0 Å². The van der Waals surface area contributed by atoms with Crippen LogP contribution in [0.4, 0.5) is 0 Å². The van der Waals surface area contributed by atoms with Gasteiger partial charge in [-0.05, 0) is 34.1 Å². The Morgan fingerprint density at radius 1 is 1.31 bits per heavy atom. The first kappa shape index (κ1) is 23.9. The highest BCUT2D eigenvalue weighted by Gasteiger charge is 2.81. The van der Waals surface area contributed by atoms with Crippen LogP contribution in [0, 0.1) is 11.8 Å². The van der Waals surface area contributed by atoms with Gasteiger partial charge < -0.3 is 19.3 Å². The van der Waals surface area contributed by atoms with Gasteiger partial charge in [-0.1, -0.05) is 37.6 Å². The number of Topliss-reactive ketones (excluding diaryl/α,β-unsaturated/α-hetero) is 2. The summed E-state index contributed by atoms with van der Waals surface area (Å²) in [6.07, 6.45) is 6.35. The maximum absolute atomic E-state index is 14.3. The minimum absolute atomic E-state index is 0.0477. The molecule has 1 aromatic rings. The van der Waals surface area contributed by atoms with Crippen molar-refractivity contribution in [2.24, 2.45) is 11.8 Å². The van der Waals surface area contributed by atoms with Crippen LogP contribution >= 0.6 is 0 Å². The van der Waals surface area contributed by atoms with Gasteiger partial charge in [0.05, 0.1) is 12.7 Å². The molecule has 4 atom stereocenters. The van der Waals surface area contributed by atoms with E-state index in [-0.39, 0.29) is 40.3 Å². The number of ether oxygens (including phenoxy) is 3. The summed E-state index contributed by atoms with van der Waals surface area (Å²) in [7, 11) is 1.46. The zero-order chi connectivity index (χ0) is 25.7. The first-order valence-electron chi connectivity index (χ1n) is 12.2. The van der Waals surface area contributed by atoms with Gasteiger partial charge in [-0.3, -0.25) is 9.59 Å². The Morgan fingerprint density at radius 2 is 2.00 bits per heavy atom. The summed E-state index contributed by atoms with van der Waals surface area (Å²) in [5, 5.41) is 11.1. The molecule has 0 aromatic heterocycles. The van der Waals surface area contributed by atoms with Gasteiger partial charge in [-0.2, -0.15) is 0 Å². The summed E-state index contributed by atoms with van der Waals surface area (Å²) in [6, 6.07) is 1.46. The Hall–Kier alpha value is -2.86. The standard InChI is InChI=1S/C29H34O6/c1-9-26(4,5)22-18(30)14-19(33-8)21-23(31)17-12-16-13-20-27(6,7)35-28(25(16)32,11-10-15(2)3)29(17,20)34-24(21)22/h9-10,12,14,16,20,30H,1,11,13H2,2-8H3/t16-,20+,28+,29?/m1/s1. The van der Waals surface area contributed by atoms with Crippen molar-refractivity contribution < 1.29 is 28.9 Å². The second-order valence-corrected chi connectivity index (χ2v) is 11.6. The Kier molecular flexibility index (Phi) is 4.84. The predicted molar refractivity (Wildman–Crippen MR) is 132 cm³/mol. The van der Waals surface area contributed by atoms with E-state index in [1.807, 2.05) is 47.6 Å². The normalized spacial score (nSPS) is 31.8. The molecule has 186 valence electrons. The zero-order valence-corrected chi connectivity index (χ0v) is 21.6. The molecule has 1 unspecified atom stereocenters. The first-order chi connectivity index (χ1) is 16.3. The third-order valence-corrected chi connectivity index (χ3v) is 8.49. The smallest absolute Gasteiger partial charge is 0.200 e. The number of ketones is 2. The Labute approximate surface area is 206 Å². The average molecular weight is 479 g/mol. The summed E-state index contributed by atoms with van der Waals surface area (Å²) in [4.78, 5) is 28.3. The fraction of sp³-hybridized carbons (Fsp3) is 0.517. The molecule has 0 amide bonds. The van der Waals surface area contributed by atoms with E-state index in [9.17, 15) is 14.7 Å². The van der Waals surface area contributed by atoms with E-state index >= 15 is 0 Å². The molecule has 3 aliphatic carbocycles. The second kappa shape index (κ2) is 7.10. The highest BCUT2D eigenvalue weighted by Crippen LogP contribution is 2.68. The van der Waals surface area contributed by atoms with E-state index in [0.29, 0.717) is 24.0 Å².